The van der Waals surface area contributed by atoms with Crippen LogP contribution in [0.5, 0.6) is 5.88 Å². The molecule has 3 aromatic rings. The van der Waals surface area contributed by atoms with Gasteiger partial charge in [-0.2, -0.15) is 4.98 Å². The molecule has 10 heteroatoms. The Kier molecular flexibility index (Phi) is 4.09. The number of fused-ring (bicyclic) bond motifs is 3. The minimum absolute atomic E-state index is 0.00922. The van der Waals surface area contributed by atoms with Gasteiger partial charge in [0.25, 0.3) is 0 Å². The van der Waals surface area contributed by atoms with Gasteiger partial charge in [0.2, 0.25) is 5.88 Å². The van der Waals surface area contributed by atoms with Crippen molar-refractivity contribution in [1.82, 2.24) is 20.3 Å². The molecule has 9 nitrogen and oxygen atoms in total. The minimum Gasteiger partial charge on any atom is -0.480 e. The number of hydrogen-bond acceptors (Lipinski definition) is 8. The molecule has 2 aliphatic carbocycles. The third-order valence-electron chi connectivity index (χ3n) is 7.33. The largest absolute Gasteiger partial charge is 0.480 e. The van der Waals surface area contributed by atoms with Gasteiger partial charge in [0.15, 0.2) is 15.5 Å². The van der Waals surface area contributed by atoms with E-state index in [4.69, 9.17) is 10.1 Å². The van der Waals surface area contributed by atoms with E-state index in [1.165, 1.54) is 7.11 Å². The van der Waals surface area contributed by atoms with Crippen molar-refractivity contribution in [3.8, 4) is 5.88 Å². The van der Waals surface area contributed by atoms with Crippen molar-refractivity contribution in [3.05, 3.63) is 47.8 Å². The second kappa shape index (κ2) is 6.63. The van der Waals surface area contributed by atoms with Gasteiger partial charge in [-0.3, -0.25) is 5.41 Å². The van der Waals surface area contributed by atoms with E-state index in [1.54, 1.807) is 19.3 Å². The van der Waals surface area contributed by atoms with Gasteiger partial charge < -0.3 is 15.4 Å². The van der Waals surface area contributed by atoms with Crippen LogP contribution in [0.1, 0.15) is 30.9 Å². The highest BCUT2D eigenvalue weighted by Gasteiger charge is 2.62. The molecule has 1 aromatic carbocycles. The molecule has 3 heterocycles. The first-order chi connectivity index (χ1) is 15.8. The Morgan fingerprint density at radius 1 is 1.24 bits per heavy atom. The molecule has 1 saturated carbocycles. The van der Waals surface area contributed by atoms with Crippen LogP contribution >= 0.6 is 0 Å². The summed E-state index contributed by atoms with van der Waals surface area (Å²) in [6.45, 7) is 1.71. The van der Waals surface area contributed by atoms with Gasteiger partial charge in [-0.05, 0) is 55.0 Å². The smallest absolute Gasteiger partial charge is 0.234 e. The maximum atomic E-state index is 13.4. The lowest BCUT2D eigenvalue weighted by atomic mass is 9.71. The molecular weight excluding hydrogens is 440 g/mol. The van der Waals surface area contributed by atoms with E-state index in [9.17, 15) is 8.42 Å². The van der Waals surface area contributed by atoms with Gasteiger partial charge in [0, 0.05) is 18.3 Å². The standard InChI is InChI=1S/C23H24N6O3S/c1-22(14-4-5-14)21(24)29-23(12-33(22,30)31)10-13-3-6-15(9-16(13)23)27-17-7-8-25-20-19(17)26-11-18(28-20)32-2/h3,6-9,11,14H,4-5,10,12H2,1-2H3,(H2,24,29)(H,25,27,28)/t22-,23-/m0/s1. The maximum absolute atomic E-state index is 13.4. The number of pyridine rings is 1. The lowest BCUT2D eigenvalue weighted by Crippen LogP contribution is -2.70. The fourth-order valence-electron chi connectivity index (χ4n) is 5.19. The molecule has 0 unspecified atom stereocenters. The Morgan fingerprint density at radius 2 is 2.06 bits per heavy atom. The number of anilines is 2. The van der Waals surface area contributed by atoms with Crippen molar-refractivity contribution >= 4 is 38.2 Å². The zero-order valence-corrected chi connectivity index (χ0v) is 19.2. The fourth-order valence-corrected chi connectivity index (χ4v) is 7.57. The molecule has 6 rings (SSSR count). The van der Waals surface area contributed by atoms with E-state index in [1.807, 2.05) is 24.3 Å². The third kappa shape index (κ3) is 2.86. The molecule has 0 radical (unpaired) electrons. The van der Waals surface area contributed by atoms with Gasteiger partial charge in [-0.1, -0.05) is 6.07 Å². The summed E-state index contributed by atoms with van der Waals surface area (Å²) in [6.07, 6.45) is 5.52. The molecule has 0 amide bonds. The lowest BCUT2D eigenvalue weighted by molar-refractivity contribution is 0.350. The molecule has 1 aliphatic heterocycles. The van der Waals surface area contributed by atoms with E-state index in [0.29, 0.717) is 23.5 Å². The molecule has 170 valence electrons. The highest BCUT2D eigenvalue weighted by Crippen LogP contribution is 2.52. The van der Waals surface area contributed by atoms with Crippen LogP contribution in [0.2, 0.25) is 0 Å². The number of ether oxygens (including phenoxy) is 1. The van der Waals surface area contributed by atoms with Crippen LogP contribution < -0.4 is 15.4 Å². The van der Waals surface area contributed by atoms with Crippen LogP contribution in [0.3, 0.4) is 0 Å². The van der Waals surface area contributed by atoms with Gasteiger partial charge in [-0.25, -0.2) is 18.4 Å². The molecular formula is C23H24N6O3S. The number of amidine groups is 1. The Hall–Kier alpha value is -3.27. The molecule has 1 spiro atoms. The van der Waals surface area contributed by atoms with Crippen molar-refractivity contribution in [1.29, 1.82) is 5.41 Å². The molecule has 2 atom stereocenters. The zero-order chi connectivity index (χ0) is 23.0. The SMILES string of the molecule is COc1cnc2c(Nc3ccc4c(c3)[C@]3(C4)CS(=O)(=O)[C@@](C)(C4CC4)C(=N)N3)ccnc2n1. The van der Waals surface area contributed by atoms with Gasteiger partial charge in [-0.15, -0.1) is 0 Å². The van der Waals surface area contributed by atoms with Crippen molar-refractivity contribution in [3.63, 3.8) is 0 Å². The molecule has 0 bridgehead atoms. The summed E-state index contributed by atoms with van der Waals surface area (Å²) in [5, 5.41) is 15.3. The summed E-state index contributed by atoms with van der Waals surface area (Å²) in [4.78, 5) is 13.0. The summed E-state index contributed by atoms with van der Waals surface area (Å²) in [7, 11) is -1.94. The first-order valence-corrected chi connectivity index (χ1v) is 12.6. The van der Waals surface area contributed by atoms with Gasteiger partial charge in [0.1, 0.15) is 16.1 Å². The van der Waals surface area contributed by atoms with Crippen LogP contribution in [0.4, 0.5) is 11.4 Å². The number of methoxy groups -OCH3 is 1. The van der Waals surface area contributed by atoms with E-state index < -0.39 is 20.1 Å². The second-order valence-electron chi connectivity index (χ2n) is 9.34. The quantitative estimate of drug-likeness (QED) is 0.537. The summed E-state index contributed by atoms with van der Waals surface area (Å²) < 4.78 is 30.8. The number of aromatic nitrogens is 3. The van der Waals surface area contributed by atoms with Crippen LogP contribution in [-0.4, -0.2) is 46.8 Å². The summed E-state index contributed by atoms with van der Waals surface area (Å²) in [5.74, 6) is 0.576. The van der Waals surface area contributed by atoms with E-state index in [0.717, 1.165) is 35.3 Å². The predicted octanol–water partition coefficient (Wildman–Crippen LogP) is 2.69. The second-order valence-corrected chi connectivity index (χ2v) is 11.7. The summed E-state index contributed by atoms with van der Waals surface area (Å²) >= 11 is 0. The number of nitrogens with one attached hydrogen (secondary N) is 3. The normalized spacial score (nSPS) is 27.5. The zero-order valence-electron chi connectivity index (χ0n) is 18.3. The average Bonchev–Trinajstić information content (AvgIpc) is 3.63. The highest BCUT2D eigenvalue weighted by atomic mass is 32.2. The predicted molar refractivity (Wildman–Crippen MR) is 125 cm³/mol. The topological polar surface area (TPSA) is 130 Å². The van der Waals surface area contributed by atoms with Crippen LogP contribution in [0.15, 0.2) is 36.7 Å². The Bertz CT molecular complexity index is 1440. The van der Waals surface area contributed by atoms with Crippen molar-refractivity contribution in [2.45, 2.75) is 36.5 Å². The van der Waals surface area contributed by atoms with Crippen molar-refractivity contribution < 1.29 is 13.2 Å². The number of sulfone groups is 1. The average molecular weight is 465 g/mol. The van der Waals surface area contributed by atoms with E-state index in [2.05, 4.69) is 25.6 Å². The summed E-state index contributed by atoms with van der Waals surface area (Å²) in [6, 6.07) is 7.76. The van der Waals surface area contributed by atoms with Gasteiger partial charge >= 0.3 is 0 Å². The maximum Gasteiger partial charge on any atom is 0.234 e. The molecule has 3 N–H and O–H groups in total. The Balaban J connectivity index is 1.34. The van der Waals surface area contributed by atoms with Crippen molar-refractivity contribution in [2.75, 3.05) is 18.2 Å². The van der Waals surface area contributed by atoms with E-state index in [-0.39, 0.29) is 17.5 Å². The number of rotatable bonds is 4. The Labute approximate surface area is 191 Å². The first-order valence-electron chi connectivity index (χ1n) is 10.9. The molecule has 3 aliphatic rings. The summed E-state index contributed by atoms with van der Waals surface area (Å²) in [5.41, 5.74) is 3.88. The van der Waals surface area contributed by atoms with Gasteiger partial charge in [0.05, 0.1) is 30.3 Å². The highest BCUT2D eigenvalue weighted by molar-refractivity contribution is 7.93. The molecule has 2 aromatic heterocycles. The first kappa shape index (κ1) is 20.3. The van der Waals surface area contributed by atoms with Crippen LogP contribution in [0, 0.1) is 11.3 Å². The molecule has 2 fully saturated rings. The molecule has 33 heavy (non-hydrogen) atoms. The fraction of sp³-hybridized carbons (Fsp3) is 0.391. The molecule has 1 saturated heterocycles. The minimum atomic E-state index is -3.47. The van der Waals surface area contributed by atoms with Crippen molar-refractivity contribution in [2.24, 2.45) is 5.92 Å². The van der Waals surface area contributed by atoms with E-state index >= 15 is 0 Å². The number of benzene rings is 1. The van der Waals surface area contributed by atoms with Crippen LogP contribution in [-0.2, 0) is 21.8 Å². The third-order valence-corrected chi connectivity index (χ3v) is 10.0. The Morgan fingerprint density at radius 3 is 2.79 bits per heavy atom. The lowest BCUT2D eigenvalue weighted by Gasteiger charge is -2.52. The number of hydrogen-bond donors (Lipinski definition) is 3. The van der Waals surface area contributed by atoms with Crippen LogP contribution in [0.25, 0.3) is 11.2 Å². The number of nitrogens with zero attached hydrogens (tertiary/aromatic N) is 3. The monoisotopic (exact) mass is 464 g/mol.